The quantitative estimate of drug-likeness (QED) is 0.835. The molecule has 0 bridgehead atoms. The molecule has 0 spiro atoms. The highest BCUT2D eigenvalue weighted by Gasteiger charge is 2.27. The van der Waals surface area contributed by atoms with Crippen LogP contribution in [0.25, 0.3) is 0 Å². The van der Waals surface area contributed by atoms with Crippen molar-refractivity contribution in [2.45, 2.75) is 51.4 Å². The number of amides is 1. The molecule has 1 unspecified atom stereocenters. The zero-order valence-corrected chi connectivity index (χ0v) is 15.0. The predicted molar refractivity (Wildman–Crippen MR) is 95.0 cm³/mol. The summed E-state index contributed by atoms with van der Waals surface area (Å²) in [4.78, 5) is 16.2. The summed E-state index contributed by atoms with van der Waals surface area (Å²) in [6, 6.07) is 9.50. The summed E-state index contributed by atoms with van der Waals surface area (Å²) in [5.74, 6) is 0. The summed E-state index contributed by atoms with van der Waals surface area (Å²) in [5.41, 5.74) is 0.569. The van der Waals surface area contributed by atoms with Gasteiger partial charge in [0.05, 0.1) is 6.04 Å². The lowest BCUT2D eigenvalue weighted by atomic mass is 10.0. The van der Waals surface area contributed by atoms with Gasteiger partial charge in [0.15, 0.2) is 0 Å². The van der Waals surface area contributed by atoms with Gasteiger partial charge in [-0.15, -0.1) is 11.3 Å². The zero-order chi connectivity index (χ0) is 17.6. The number of rotatable bonds is 6. The number of ether oxygens (including phenoxy) is 1. The molecule has 1 aromatic carbocycles. The first-order chi connectivity index (χ1) is 11.3. The van der Waals surface area contributed by atoms with Crippen LogP contribution in [0.1, 0.15) is 43.9 Å². The van der Waals surface area contributed by atoms with Crippen LogP contribution >= 0.6 is 11.3 Å². The van der Waals surface area contributed by atoms with Crippen LogP contribution in [0.4, 0.5) is 4.79 Å². The second-order valence-corrected chi connectivity index (χ2v) is 7.52. The summed E-state index contributed by atoms with van der Waals surface area (Å²) >= 11 is 1.37. The summed E-state index contributed by atoms with van der Waals surface area (Å²) in [7, 11) is 0. The molecule has 0 saturated carbocycles. The van der Waals surface area contributed by atoms with Crippen LogP contribution in [-0.4, -0.2) is 27.8 Å². The van der Waals surface area contributed by atoms with E-state index in [1.54, 1.807) is 11.6 Å². The molecule has 24 heavy (non-hydrogen) atoms. The number of thiazole rings is 1. The summed E-state index contributed by atoms with van der Waals surface area (Å²) in [6.07, 6.45) is 1.58. The molecule has 1 aromatic heterocycles. The zero-order valence-electron chi connectivity index (χ0n) is 14.2. The molecular weight excluding hydrogens is 324 g/mol. The van der Waals surface area contributed by atoms with Crippen LogP contribution in [0.3, 0.4) is 0 Å². The van der Waals surface area contributed by atoms with Gasteiger partial charge < -0.3 is 15.2 Å². The third-order valence-electron chi connectivity index (χ3n) is 3.37. The smallest absolute Gasteiger partial charge is 0.407 e. The van der Waals surface area contributed by atoms with E-state index in [-0.39, 0.29) is 0 Å². The maximum Gasteiger partial charge on any atom is 0.407 e. The van der Waals surface area contributed by atoms with Crippen LogP contribution in [0.15, 0.2) is 41.9 Å². The van der Waals surface area contributed by atoms with E-state index in [4.69, 9.17) is 4.74 Å². The second kappa shape index (κ2) is 8.26. The number of nitrogens with zero attached hydrogens (tertiary/aromatic N) is 1. The average Bonchev–Trinajstić information content (AvgIpc) is 3.04. The molecule has 0 aliphatic carbocycles. The molecule has 5 nitrogen and oxygen atoms in total. The molecule has 0 aliphatic heterocycles. The number of carbonyl (C=O) groups excluding carboxylic acids is 1. The van der Waals surface area contributed by atoms with Crippen molar-refractivity contribution in [2.75, 3.05) is 0 Å². The maximum atomic E-state index is 12.1. The van der Waals surface area contributed by atoms with Crippen LogP contribution < -0.4 is 5.32 Å². The number of aliphatic hydroxyl groups is 1. The van der Waals surface area contributed by atoms with Crippen molar-refractivity contribution in [2.24, 2.45) is 0 Å². The molecule has 0 fully saturated rings. The Hall–Kier alpha value is -1.92. The topological polar surface area (TPSA) is 71.5 Å². The van der Waals surface area contributed by atoms with E-state index in [0.717, 1.165) is 12.0 Å². The van der Waals surface area contributed by atoms with E-state index in [2.05, 4.69) is 10.3 Å². The number of aliphatic hydroxyl groups excluding tert-OH is 1. The minimum absolute atomic E-state index is 0.466. The Bertz CT molecular complexity index is 623. The Kier molecular flexibility index (Phi) is 6.34. The van der Waals surface area contributed by atoms with Gasteiger partial charge in [0, 0.05) is 11.6 Å². The van der Waals surface area contributed by atoms with Crippen molar-refractivity contribution in [3.05, 3.63) is 52.5 Å². The first kappa shape index (κ1) is 18.4. The third kappa shape index (κ3) is 5.94. The lowest BCUT2D eigenvalue weighted by molar-refractivity contribution is 0.0413. The second-order valence-electron chi connectivity index (χ2n) is 6.59. The van der Waals surface area contributed by atoms with Crippen molar-refractivity contribution in [1.82, 2.24) is 10.3 Å². The highest BCUT2D eigenvalue weighted by atomic mass is 32.1. The molecule has 2 atom stereocenters. The van der Waals surface area contributed by atoms with Gasteiger partial charge in [-0.25, -0.2) is 9.78 Å². The minimum Gasteiger partial charge on any atom is -0.444 e. The van der Waals surface area contributed by atoms with Gasteiger partial charge in [0.1, 0.15) is 16.7 Å². The van der Waals surface area contributed by atoms with Crippen molar-refractivity contribution in [1.29, 1.82) is 0 Å². The van der Waals surface area contributed by atoms with Gasteiger partial charge in [0.25, 0.3) is 0 Å². The van der Waals surface area contributed by atoms with Gasteiger partial charge >= 0.3 is 6.09 Å². The standard InChI is InChI=1S/C18H24N2O3S/c1-18(2,3)23-17(22)20-14(15(21)16-19-11-12-24-16)10-9-13-7-5-4-6-8-13/h4-8,11-12,14-15,21H,9-10H2,1-3H3,(H,20,22)/t14-,15?/m0/s1. The number of nitrogens with one attached hydrogen (secondary N) is 1. The molecule has 130 valence electrons. The van der Waals surface area contributed by atoms with Gasteiger partial charge in [-0.2, -0.15) is 0 Å². The molecular formula is C18H24N2O3S. The fourth-order valence-corrected chi connectivity index (χ4v) is 2.97. The van der Waals surface area contributed by atoms with E-state index < -0.39 is 23.8 Å². The van der Waals surface area contributed by atoms with E-state index in [1.165, 1.54) is 11.3 Å². The highest BCUT2D eigenvalue weighted by Crippen LogP contribution is 2.23. The number of hydrogen-bond acceptors (Lipinski definition) is 5. The van der Waals surface area contributed by atoms with E-state index in [1.807, 2.05) is 51.1 Å². The number of hydrogen-bond donors (Lipinski definition) is 2. The Labute approximate surface area is 146 Å². The summed E-state index contributed by atoms with van der Waals surface area (Å²) in [5, 5.41) is 15.8. The lowest BCUT2D eigenvalue weighted by Crippen LogP contribution is -2.42. The lowest BCUT2D eigenvalue weighted by Gasteiger charge is -2.26. The van der Waals surface area contributed by atoms with Gasteiger partial charge in [-0.05, 0) is 39.2 Å². The van der Waals surface area contributed by atoms with Gasteiger partial charge in [-0.3, -0.25) is 0 Å². The Morgan fingerprint density at radius 3 is 2.62 bits per heavy atom. The molecule has 0 saturated heterocycles. The number of benzene rings is 1. The van der Waals surface area contributed by atoms with Crippen molar-refractivity contribution >= 4 is 17.4 Å². The fraction of sp³-hybridized carbons (Fsp3) is 0.444. The molecule has 2 rings (SSSR count). The Balaban J connectivity index is 2.04. The highest BCUT2D eigenvalue weighted by molar-refractivity contribution is 7.09. The van der Waals surface area contributed by atoms with E-state index in [0.29, 0.717) is 11.4 Å². The Morgan fingerprint density at radius 1 is 1.33 bits per heavy atom. The SMILES string of the molecule is CC(C)(C)OC(=O)N[C@@H](CCc1ccccc1)C(O)c1nccs1. The Morgan fingerprint density at radius 2 is 2.04 bits per heavy atom. The van der Waals surface area contributed by atoms with Crippen molar-refractivity contribution < 1.29 is 14.6 Å². The molecule has 2 N–H and O–H groups in total. The predicted octanol–water partition coefficient (Wildman–Crippen LogP) is 3.70. The summed E-state index contributed by atoms with van der Waals surface area (Å²) < 4.78 is 5.31. The normalized spacial score (nSPS) is 14.0. The molecule has 6 heteroatoms. The molecule has 1 amide bonds. The third-order valence-corrected chi connectivity index (χ3v) is 4.22. The van der Waals surface area contributed by atoms with Crippen molar-refractivity contribution in [3.8, 4) is 0 Å². The molecule has 0 aliphatic rings. The number of alkyl carbamates (subject to hydrolysis) is 1. The van der Waals surface area contributed by atoms with Crippen LogP contribution in [0.5, 0.6) is 0 Å². The summed E-state index contributed by atoms with van der Waals surface area (Å²) in [6.45, 7) is 5.43. The first-order valence-electron chi connectivity index (χ1n) is 7.96. The monoisotopic (exact) mass is 348 g/mol. The minimum atomic E-state index is -0.860. The first-order valence-corrected chi connectivity index (χ1v) is 8.84. The number of carbonyl (C=O) groups is 1. The van der Waals surface area contributed by atoms with Crippen LogP contribution in [-0.2, 0) is 11.2 Å². The van der Waals surface area contributed by atoms with Crippen LogP contribution in [0, 0.1) is 0 Å². The van der Waals surface area contributed by atoms with Gasteiger partial charge in [0.2, 0.25) is 0 Å². The van der Waals surface area contributed by atoms with E-state index in [9.17, 15) is 9.90 Å². The van der Waals surface area contributed by atoms with Gasteiger partial charge in [-0.1, -0.05) is 30.3 Å². The van der Waals surface area contributed by atoms with Crippen LogP contribution in [0.2, 0.25) is 0 Å². The maximum absolute atomic E-state index is 12.1. The van der Waals surface area contributed by atoms with E-state index >= 15 is 0 Å². The van der Waals surface area contributed by atoms with Crippen molar-refractivity contribution in [3.63, 3.8) is 0 Å². The fourth-order valence-electron chi connectivity index (χ4n) is 2.29. The molecule has 2 aromatic rings. The number of aromatic nitrogens is 1. The molecule has 1 heterocycles. The molecule has 0 radical (unpaired) electrons. The largest absolute Gasteiger partial charge is 0.444 e. The average molecular weight is 348 g/mol. The number of aryl methyl sites for hydroxylation is 1.